The van der Waals surface area contributed by atoms with Gasteiger partial charge in [0.2, 0.25) is 0 Å². The fourth-order valence-electron chi connectivity index (χ4n) is 2.37. The minimum atomic E-state index is 0.249. The van der Waals surface area contributed by atoms with Crippen molar-refractivity contribution in [3.05, 3.63) is 17.7 Å². The molecule has 0 aliphatic heterocycles. The van der Waals surface area contributed by atoms with Crippen LogP contribution in [0.4, 0.5) is 0 Å². The smallest absolute Gasteiger partial charge is 0.106 e. The summed E-state index contributed by atoms with van der Waals surface area (Å²) in [5.41, 5.74) is 1.31. The number of aryl methyl sites for hydroxylation is 1. The Morgan fingerprint density at radius 2 is 2.13 bits per heavy atom. The van der Waals surface area contributed by atoms with Crippen molar-refractivity contribution in [2.24, 2.45) is 0 Å². The molecule has 0 saturated heterocycles. The highest BCUT2D eigenvalue weighted by Gasteiger charge is 2.17. The highest BCUT2D eigenvalue weighted by molar-refractivity contribution is 5.08. The van der Waals surface area contributed by atoms with Crippen molar-refractivity contribution in [3.8, 4) is 0 Å². The Labute approximate surface area is 90.9 Å². The van der Waals surface area contributed by atoms with E-state index >= 15 is 0 Å². The highest BCUT2D eigenvalue weighted by atomic mass is 16.2. The molecule has 1 heterocycles. The summed E-state index contributed by atoms with van der Waals surface area (Å²) in [5.74, 6) is 1.73. The van der Waals surface area contributed by atoms with Gasteiger partial charge in [-0.15, -0.1) is 0 Å². The van der Waals surface area contributed by atoms with Crippen molar-refractivity contribution < 1.29 is 5.11 Å². The van der Waals surface area contributed by atoms with Crippen molar-refractivity contribution in [1.82, 2.24) is 9.97 Å². The van der Waals surface area contributed by atoms with Crippen LogP contribution in [0.25, 0.3) is 0 Å². The van der Waals surface area contributed by atoms with Gasteiger partial charge >= 0.3 is 0 Å². The van der Waals surface area contributed by atoms with Gasteiger partial charge in [-0.25, -0.2) is 4.98 Å². The van der Waals surface area contributed by atoms with Crippen LogP contribution in [0.15, 0.2) is 6.20 Å². The first-order valence-electron chi connectivity index (χ1n) is 6.05. The molecular formula is C12H20N2O. The molecule has 3 nitrogen and oxygen atoms in total. The number of hydrogen-bond donors (Lipinski definition) is 2. The number of aromatic nitrogens is 2. The van der Waals surface area contributed by atoms with Crippen LogP contribution in [0.5, 0.6) is 0 Å². The lowest BCUT2D eigenvalue weighted by molar-refractivity contribution is 0.287. The largest absolute Gasteiger partial charge is 0.396 e. The van der Waals surface area contributed by atoms with Gasteiger partial charge in [0.15, 0.2) is 0 Å². The molecule has 2 rings (SSSR count). The lowest BCUT2D eigenvalue weighted by Gasteiger charge is -2.19. The van der Waals surface area contributed by atoms with Crippen LogP contribution in [0.2, 0.25) is 0 Å². The van der Waals surface area contributed by atoms with E-state index in [-0.39, 0.29) is 6.61 Å². The number of nitrogens with zero attached hydrogens (tertiary/aromatic N) is 1. The fourth-order valence-corrected chi connectivity index (χ4v) is 2.37. The van der Waals surface area contributed by atoms with E-state index in [1.54, 1.807) is 0 Å². The normalized spacial score (nSPS) is 18.2. The molecule has 3 heteroatoms. The number of aliphatic hydroxyl groups is 1. The molecule has 0 aromatic carbocycles. The van der Waals surface area contributed by atoms with E-state index in [1.807, 2.05) is 6.20 Å². The average molecular weight is 208 g/mol. The maximum atomic E-state index is 8.74. The van der Waals surface area contributed by atoms with Crippen molar-refractivity contribution in [1.29, 1.82) is 0 Å². The predicted octanol–water partition coefficient (Wildman–Crippen LogP) is 2.38. The number of nitrogens with one attached hydrogen (secondary N) is 1. The first kappa shape index (κ1) is 10.7. The second-order valence-corrected chi connectivity index (χ2v) is 4.45. The number of H-pyrrole nitrogens is 1. The summed E-state index contributed by atoms with van der Waals surface area (Å²) < 4.78 is 0. The molecule has 1 aliphatic carbocycles. The molecule has 0 atom stereocenters. The van der Waals surface area contributed by atoms with Crippen LogP contribution in [0.1, 0.15) is 56.0 Å². The predicted molar refractivity (Wildman–Crippen MR) is 59.8 cm³/mol. The number of aromatic amines is 1. The van der Waals surface area contributed by atoms with Crippen LogP contribution >= 0.6 is 0 Å². The van der Waals surface area contributed by atoms with Gasteiger partial charge in [-0.3, -0.25) is 0 Å². The Hall–Kier alpha value is -0.830. The van der Waals surface area contributed by atoms with Gasteiger partial charge in [-0.1, -0.05) is 19.3 Å². The summed E-state index contributed by atoms with van der Waals surface area (Å²) in [5, 5.41) is 8.74. The molecule has 1 aromatic rings. The highest BCUT2D eigenvalue weighted by Crippen LogP contribution is 2.31. The lowest BCUT2D eigenvalue weighted by Crippen LogP contribution is -2.04. The third-order valence-corrected chi connectivity index (χ3v) is 3.26. The lowest BCUT2D eigenvalue weighted by atomic mass is 9.87. The standard InChI is InChI=1S/C12H20N2O/c15-8-4-7-12-13-9-11(14-12)10-5-2-1-3-6-10/h9-10,15H,1-8H2,(H,13,14). The molecule has 1 aliphatic rings. The minimum Gasteiger partial charge on any atom is -0.396 e. The Bertz CT molecular complexity index is 290. The second-order valence-electron chi connectivity index (χ2n) is 4.45. The third-order valence-electron chi connectivity index (χ3n) is 3.26. The fraction of sp³-hybridized carbons (Fsp3) is 0.750. The van der Waals surface area contributed by atoms with E-state index in [0.717, 1.165) is 18.7 Å². The summed E-state index contributed by atoms with van der Waals surface area (Å²) in [6.07, 6.45) is 10.4. The van der Waals surface area contributed by atoms with Crippen molar-refractivity contribution in [2.75, 3.05) is 6.61 Å². The third kappa shape index (κ3) is 2.81. The van der Waals surface area contributed by atoms with Gasteiger partial charge in [0.1, 0.15) is 5.82 Å². The zero-order valence-corrected chi connectivity index (χ0v) is 9.21. The molecule has 1 fully saturated rings. The van der Waals surface area contributed by atoms with Gasteiger partial charge in [-0.2, -0.15) is 0 Å². The molecular weight excluding hydrogens is 188 g/mol. The second kappa shape index (κ2) is 5.31. The Morgan fingerprint density at radius 3 is 2.87 bits per heavy atom. The van der Waals surface area contributed by atoms with E-state index in [2.05, 4.69) is 9.97 Å². The van der Waals surface area contributed by atoms with Crippen LogP contribution in [0.3, 0.4) is 0 Å². The molecule has 15 heavy (non-hydrogen) atoms. The van der Waals surface area contributed by atoms with Crippen molar-refractivity contribution in [2.45, 2.75) is 50.9 Å². The van der Waals surface area contributed by atoms with Gasteiger partial charge in [0.05, 0.1) is 0 Å². The molecule has 0 bridgehead atoms. The van der Waals surface area contributed by atoms with Gasteiger partial charge in [0, 0.05) is 30.8 Å². The maximum absolute atomic E-state index is 8.74. The van der Waals surface area contributed by atoms with E-state index < -0.39 is 0 Å². The van der Waals surface area contributed by atoms with Crippen LogP contribution in [-0.4, -0.2) is 21.7 Å². The van der Waals surface area contributed by atoms with E-state index in [1.165, 1.54) is 37.8 Å². The van der Waals surface area contributed by atoms with Crippen LogP contribution in [-0.2, 0) is 6.42 Å². The number of aliphatic hydroxyl groups excluding tert-OH is 1. The summed E-state index contributed by atoms with van der Waals surface area (Å²) in [6.45, 7) is 0.249. The zero-order valence-electron chi connectivity index (χ0n) is 9.21. The van der Waals surface area contributed by atoms with Gasteiger partial charge in [0.25, 0.3) is 0 Å². The van der Waals surface area contributed by atoms with Gasteiger partial charge in [-0.05, 0) is 19.3 Å². The number of rotatable bonds is 4. The quantitative estimate of drug-likeness (QED) is 0.798. The first-order chi connectivity index (χ1) is 7.40. The molecule has 0 radical (unpaired) electrons. The Kier molecular flexibility index (Phi) is 3.78. The summed E-state index contributed by atoms with van der Waals surface area (Å²) in [7, 11) is 0. The topological polar surface area (TPSA) is 48.9 Å². The SMILES string of the molecule is OCCCc1ncc(C2CCCCC2)[nH]1. The molecule has 2 N–H and O–H groups in total. The molecule has 1 aromatic heterocycles. The van der Waals surface area contributed by atoms with Gasteiger partial charge < -0.3 is 10.1 Å². The molecule has 1 saturated carbocycles. The number of imidazole rings is 1. The molecule has 0 spiro atoms. The van der Waals surface area contributed by atoms with Crippen LogP contribution in [0, 0.1) is 0 Å². The number of hydrogen-bond acceptors (Lipinski definition) is 2. The van der Waals surface area contributed by atoms with E-state index in [0.29, 0.717) is 5.92 Å². The zero-order chi connectivity index (χ0) is 10.5. The molecule has 0 unspecified atom stereocenters. The first-order valence-corrected chi connectivity index (χ1v) is 6.05. The maximum Gasteiger partial charge on any atom is 0.106 e. The molecule has 0 amide bonds. The van der Waals surface area contributed by atoms with E-state index in [4.69, 9.17) is 5.11 Å². The van der Waals surface area contributed by atoms with E-state index in [9.17, 15) is 0 Å². The Balaban J connectivity index is 1.93. The van der Waals surface area contributed by atoms with Crippen molar-refractivity contribution >= 4 is 0 Å². The van der Waals surface area contributed by atoms with Crippen LogP contribution < -0.4 is 0 Å². The Morgan fingerprint density at radius 1 is 1.33 bits per heavy atom. The monoisotopic (exact) mass is 208 g/mol. The van der Waals surface area contributed by atoms with Crippen molar-refractivity contribution in [3.63, 3.8) is 0 Å². The summed E-state index contributed by atoms with van der Waals surface area (Å²) in [6, 6.07) is 0. The average Bonchev–Trinajstić information content (AvgIpc) is 2.76. The summed E-state index contributed by atoms with van der Waals surface area (Å²) >= 11 is 0. The summed E-state index contributed by atoms with van der Waals surface area (Å²) in [4.78, 5) is 7.76. The minimum absolute atomic E-state index is 0.249. The molecule has 84 valence electrons.